The molecule has 2 aromatic heterocycles. The number of nitrogens with zero attached hydrogens (tertiary/aromatic N) is 2. The number of hydrogen-bond acceptors (Lipinski definition) is 5. The fraction of sp³-hybridized carbons (Fsp3) is 0.333. The van der Waals surface area contributed by atoms with Gasteiger partial charge in [0.25, 0.3) is 5.56 Å². The highest BCUT2D eigenvalue weighted by molar-refractivity contribution is 5.80. The van der Waals surface area contributed by atoms with Gasteiger partial charge in [-0.05, 0) is 45.2 Å². The maximum Gasteiger partial charge on any atom is 0.252 e. The molecular formula is C18H21N3O3. The van der Waals surface area contributed by atoms with Gasteiger partial charge in [-0.1, -0.05) is 5.16 Å². The summed E-state index contributed by atoms with van der Waals surface area (Å²) in [7, 11) is 1.96. The molecule has 6 nitrogen and oxygen atoms in total. The Bertz CT molecular complexity index is 871. The topological polar surface area (TPSA) is 71.4 Å². The van der Waals surface area contributed by atoms with Gasteiger partial charge in [0.15, 0.2) is 0 Å². The molecule has 2 heterocycles. The second kappa shape index (κ2) is 6.88. The van der Waals surface area contributed by atoms with E-state index in [2.05, 4.69) is 15.0 Å². The van der Waals surface area contributed by atoms with Crippen LogP contribution in [0, 0.1) is 0 Å². The zero-order valence-corrected chi connectivity index (χ0v) is 14.1. The first-order valence-electron chi connectivity index (χ1n) is 7.97. The van der Waals surface area contributed by atoms with Crippen molar-refractivity contribution in [2.24, 2.45) is 0 Å². The maximum atomic E-state index is 12.3. The minimum absolute atomic E-state index is 0.0496. The van der Waals surface area contributed by atoms with Crippen molar-refractivity contribution in [1.82, 2.24) is 15.0 Å². The van der Waals surface area contributed by atoms with E-state index in [4.69, 9.17) is 9.26 Å². The number of aromatic amines is 1. The molecule has 3 aromatic rings. The van der Waals surface area contributed by atoms with E-state index in [0.29, 0.717) is 18.7 Å². The summed E-state index contributed by atoms with van der Waals surface area (Å²) in [4.78, 5) is 17.3. The summed E-state index contributed by atoms with van der Waals surface area (Å²) < 4.78 is 10.4. The average molecular weight is 327 g/mol. The van der Waals surface area contributed by atoms with Crippen LogP contribution < -0.4 is 10.3 Å². The normalized spacial score (nSPS) is 12.7. The van der Waals surface area contributed by atoms with Gasteiger partial charge < -0.3 is 14.2 Å². The Morgan fingerprint density at radius 3 is 2.88 bits per heavy atom. The Morgan fingerprint density at radius 2 is 2.17 bits per heavy atom. The van der Waals surface area contributed by atoms with Crippen LogP contribution in [0.5, 0.6) is 5.75 Å². The molecule has 0 aliphatic rings. The highest BCUT2D eigenvalue weighted by Gasteiger charge is 2.16. The summed E-state index contributed by atoms with van der Waals surface area (Å²) in [5.74, 6) is 0.798. The average Bonchev–Trinajstić information content (AvgIpc) is 3.10. The number of benzene rings is 1. The van der Waals surface area contributed by atoms with Crippen molar-refractivity contribution in [3.8, 4) is 5.75 Å². The van der Waals surface area contributed by atoms with Crippen molar-refractivity contribution in [3.05, 3.63) is 58.2 Å². The first-order chi connectivity index (χ1) is 11.6. The number of hydrogen-bond donors (Lipinski definition) is 1. The van der Waals surface area contributed by atoms with Crippen molar-refractivity contribution < 1.29 is 9.26 Å². The molecule has 1 aromatic carbocycles. The molecule has 0 aliphatic heterocycles. The molecule has 0 radical (unpaired) electrons. The first kappa shape index (κ1) is 16.3. The number of fused-ring (bicyclic) bond motifs is 1. The van der Waals surface area contributed by atoms with Gasteiger partial charge in [-0.2, -0.15) is 0 Å². The molecule has 0 amide bonds. The van der Waals surface area contributed by atoms with Crippen LogP contribution in [-0.4, -0.2) is 28.7 Å². The fourth-order valence-electron chi connectivity index (χ4n) is 2.67. The molecule has 0 bridgehead atoms. The maximum absolute atomic E-state index is 12.3. The van der Waals surface area contributed by atoms with Gasteiger partial charge in [-0.3, -0.25) is 9.69 Å². The molecule has 0 spiro atoms. The Balaban J connectivity index is 1.88. The first-order valence-corrected chi connectivity index (χ1v) is 7.97. The zero-order valence-electron chi connectivity index (χ0n) is 14.1. The monoisotopic (exact) mass is 327 g/mol. The molecular weight excluding hydrogens is 306 g/mol. The smallest absolute Gasteiger partial charge is 0.252 e. The Kier molecular flexibility index (Phi) is 4.66. The third-order valence-corrected chi connectivity index (χ3v) is 4.17. The molecule has 0 aliphatic carbocycles. The molecule has 0 unspecified atom stereocenters. The van der Waals surface area contributed by atoms with Crippen molar-refractivity contribution in [2.45, 2.75) is 26.4 Å². The van der Waals surface area contributed by atoms with Crippen LogP contribution >= 0.6 is 0 Å². The standard InChI is InChI=1S/C18H21N3O3/c1-4-23-15-5-6-17-13(10-15)9-14(18(22)19-17)11-21(3)12(2)16-7-8-24-20-16/h5-10,12H,4,11H2,1-3H3,(H,19,22)/t12-/m0/s1. The molecule has 6 heteroatoms. The van der Waals surface area contributed by atoms with Gasteiger partial charge in [0.1, 0.15) is 17.7 Å². The van der Waals surface area contributed by atoms with Crippen LogP contribution in [0.4, 0.5) is 0 Å². The summed E-state index contributed by atoms with van der Waals surface area (Å²) in [5, 5.41) is 4.92. The Labute approximate surface area is 140 Å². The molecule has 126 valence electrons. The summed E-state index contributed by atoms with van der Waals surface area (Å²) in [6.07, 6.45) is 1.55. The highest BCUT2D eigenvalue weighted by atomic mass is 16.5. The van der Waals surface area contributed by atoms with Crippen LogP contribution in [-0.2, 0) is 6.54 Å². The van der Waals surface area contributed by atoms with Gasteiger partial charge in [0, 0.05) is 29.1 Å². The predicted octanol–water partition coefficient (Wildman–Crippen LogP) is 3.11. The molecule has 0 saturated heterocycles. The Hall–Kier alpha value is -2.60. The van der Waals surface area contributed by atoms with Crippen molar-refractivity contribution in [1.29, 1.82) is 0 Å². The van der Waals surface area contributed by atoms with Gasteiger partial charge in [-0.25, -0.2) is 0 Å². The predicted molar refractivity (Wildman–Crippen MR) is 92.1 cm³/mol. The second-order valence-corrected chi connectivity index (χ2v) is 5.82. The molecule has 0 saturated carbocycles. The van der Waals surface area contributed by atoms with E-state index < -0.39 is 0 Å². The third kappa shape index (κ3) is 3.33. The molecule has 1 atom stereocenters. The SMILES string of the molecule is CCOc1ccc2[nH]c(=O)c(CN(C)[C@@H](C)c3ccon3)cc2c1. The van der Waals surface area contributed by atoms with Gasteiger partial charge in [-0.15, -0.1) is 0 Å². The van der Waals surface area contributed by atoms with E-state index in [0.717, 1.165) is 22.3 Å². The minimum Gasteiger partial charge on any atom is -0.494 e. The van der Waals surface area contributed by atoms with Crippen molar-refractivity contribution in [3.63, 3.8) is 0 Å². The van der Waals surface area contributed by atoms with Crippen LogP contribution in [0.2, 0.25) is 0 Å². The molecule has 0 fully saturated rings. The van der Waals surface area contributed by atoms with Gasteiger partial charge in [0.05, 0.1) is 12.6 Å². The quantitative estimate of drug-likeness (QED) is 0.753. The van der Waals surface area contributed by atoms with E-state index in [1.54, 1.807) is 6.26 Å². The number of aromatic nitrogens is 2. The molecule has 24 heavy (non-hydrogen) atoms. The lowest BCUT2D eigenvalue weighted by Crippen LogP contribution is -2.26. The molecule has 3 rings (SSSR count). The fourth-order valence-corrected chi connectivity index (χ4v) is 2.67. The van der Waals surface area contributed by atoms with Crippen molar-refractivity contribution >= 4 is 10.9 Å². The van der Waals surface area contributed by atoms with E-state index in [-0.39, 0.29) is 11.6 Å². The van der Waals surface area contributed by atoms with Gasteiger partial charge >= 0.3 is 0 Å². The minimum atomic E-state index is -0.0779. The van der Waals surface area contributed by atoms with Crippen molar-refractivity contribution in [2.75, 3.05) is 13.7 Å². The largest absolute Gasteiger partial charge is 0.494 e. The second-order valence-electron chi connectivity index (χ2n) is 5.82. The summed E-state index contributed by atoms with van der Waals surface area (Å²) in [5.41, 5.74) is 2.27. The van der Waals surface area contributed by atoms with Crippen LogP contribution in [0.1, 0.15) is 31.1 Å². The summed E-state index contributed by atoms with van der Waals surface area (Å²) in [6, 6.07) is 9.48. The number of H-pyrrole nitrogens is 1. The lowest BCUT2D eigenvalue weighted by Gasteiger charge is -2.22. The van der Waals surface area contributed by atoms with E-state index in [1.807, 2.05) is 51.2 Å². The molecule has 1 N–H and O–H groups in total. The number of pyridine rings is 1. The lowest BCUT2D eigenvalue weighted by molar-refractivity contribution is 0.240. The summed E-state index contributed by atoms with van der Waals surface area (Å²) >= 11 is 0. The zero-order chi connectivity index (χ0) is 17.1. The highest BCUT2D eigenvalue weighted by Crippen LogP contribution is 2.21. The van der Waals surface area contributed by atoms with E-state index >= 15 is 0 Å². The van der Waals surface area contributed by atoms with E-state index in [9.17, 15) is 4.79 Å². The number of ether oxygens (including phenoxy) is 1. The summed E-state index contributed by atoms with van der Waals surface area (Å²) in [6.45, 7) is 5.10. The van der Waals surface area contributed by atoms with Crippen LogP contribution in [0.25, 0.3) is 10.9 Å². The number of nitrogens with one attached hydrogen (secondary N) is 1. The van der Waals surface area contributed by atoms with Gasteiger partial charge in [0.2, 0.25) is 0 Å². The van der Waals surface area contributed by atoms with Crippen LogP contribution in [0.15, 0.2) is 45.9 Å². The Morgan fingerprint density at radius 1 is 1.33 bits per heavy atom. The number of rotatable bonds is 6. The van der Waals surface area contributed by atoms with Crippen LogP contribution in [0.3, 0.4) is 0 Å². The van der Waals surface area contributed by atoms with E-state index in [1.165, 1.54) is 0 Å². The third-order valence-electron chi connectivity index (χ3n) is 4.17. The lowest BCUT2D eigenvalue weighted by atomic mass is 10.1.